The molecule has 178 valence electrons. The van der Waals surface area contributed by atoms with Crippen molar-refractivity contribution in [3.05, 3.63) is 11.6 Å². The van der Waals surface area contributed by atoms with Gasteiger partial charge in [0.25, 0.3) is 0 Å². The van der Waals surface area contributed by atoms with Crippen LogP contribution < -0.4 is 0 Å². The molecule has 0 saturated heterocycles. The molecule has 31 heavy (non-hydrogen) atoms. The highest BCUT2D eigenvalue weighted by atomic mass is 16.3. The third-order valence-corrected chi connectivity index (χ3v) is 11.1. The van der Waals surface area contributed by atoms with E-state index in [9.17, 15) is 10.2 Å². The molecule has 0 radical (unpaired) electrons. The van der Waals surface area contributed by atoms with Gasteiger partial charge in [-0.05, 0) is 104 Å². The Morgan fingerprint density at radius 1 is 1.00 bits per heavy atom. The Kier molecular flexibility index (Phi) is 6.75. The van der Waals surface area contributed by atoms with Crippen molar-refractivity contribution in [1.82, 2.24) is 0 Å². The van der Waals surface area contributed by atoms with Gasteiger partial charge >= 0.3 is 0 Å². The van der Waals surface area contributed by atoms with Crippen molar-refractivity contribution in [2.75, 3.05) is 0 Å². The summed E-state index contributed by atoms with van der Waals surface area (Å²) in [6.45, 7) is 14.3. The van der Waals surface area contributed by atoms with E-state index in [2.05, 4.69) is 40.7 Å². The Balaban J connectivity index is 1.55. The van der Waals surface area contributed by atoms with Crippen molar-refractivity contribution in [1.29, 1.82) is 0 Å². The van der Waals surface area contributed by atoms with Gasteiger partial charge in [-0.2, -0.15) is 0 Å². The zero-order valence-corrected chi connectivity index (χ0v) is 21.2. The van der Waals surface area contributed by atoms with Gasteiger partial charge in [0.1, 0.15) is 0 Å². The van der Waals surface area contributed by atoms with Gasteiger partial charge in [0.05, 0.1) is 12.2 Å². The molecular formula is C29H50O2. The zero-order chi connectivity index (χ0) is 22.6. The van der Waals surface area contributed by atoms with Gasteiger partial charge in [-0.25, -0.2) is 0 Å². The number of hydrogen-bond acceptors (Lipinski definition) is 2. The van der Waals surface area contributed by atoms with Gasteiger partial charge in [-0.3, -0.25) is 0 Å². The molecule has 4 aliphatic rings. The predicted molar refractivity (Wildman–Crippen MR) is 130 cm³/mol. The lowest BCUT2D eigenvalue weighted by Crippen LogP contribution is -2.55. The molecule has 0 aromatic rings. The van der Waals surface area contributed by atoms with Gasteiger partial charge in [0, 0.05) is 0 Å². The molecule has 0 amide bonds. The maximum absolute atomic E-state index is 10.7. The van der Waals surface area contributed by atoms with E-state index in [0.29, 0.717) is 11.3 Å². The Morgan fingerprint density at radius 3 is 2.42 bits per heavy atom. The molecule has 3 fully saturated rings. The van der Waals surface area contributed by atoms with Crippen molar-refractivity contribution in [3.8, 4) is 0 Å². The summed E-state index contributed by atoms with van der Waals surface area (Å²) in [6, 6.07) is 0. The Labute approximate surface area is 192 Å². The summed E-state index contributed by atoms with van der Waals surface area (Å²) in [5.41, 5.74) is 2.06. The third kappa shape index (κ3) is 3.96. The van der Waals surface area contributed by atoms with Gasteiger partial charge in [-0.1, -0.05) is 65.5 Å². The highest BCUT2D eigenvalue weighted by molar-refractivity contribution is 5.27. The summed E-state index contributed by atoms with van der Waals surface area (Å²) in [7, 11) is 0. The Bertz CT molecular complexity index is 666. The molecule has 0 spiro atoms. The van der Waals surface area contributed by atoms with E-state index in [1.807, 2.05) is 6.92 Å². The summed E-state index contributed by atoms with van der Waals surface area (Å²) in [4.78, 5) is 0. The summed E-state index contributed by atoms with van der Waals surface area (Å²) >= 11 is 0. The van der Waals surface area contributed by atoms with Crippen LogP contribution in [0.2, 0.25) is 0 Å². The normalized spacial score (nSPS) is 46.7. The first-order chi connectivity index (χ1) is 14.6. The van der Waals surface area contributed by atoms with E-state index in [1.54, 1.807) is 0 Å². The van der Waals surface area contributed by atoms with E-state index in [4.69, 9.17) is 0 Å². The molecule has 10 atom stereocenters. The molecule has 4 rings (SSSR count). The summed E-state index contributed by atoms with van der Waals surface area (Å²) in [5, 5.41) is 21.2. The molecule has 3 saturated carbocycles. The molecule has 0 bridgehead atoms. The molecule has 0 heterocycles. The van der Waals surface area contributed by atoms with Gasteiger partial charge in [0.2, 0.25) is 0 Å². The maximum Gasteiger partial charge on any atom is 0.0581 e. The van der Waals surface area contributed by atoms with E-state index in [0.717, 1.165) is 42.4 Å². The minimum atomic E-state index is -0.340. The lowest BCUT2D eigenvalue weighted by molar-refractivity contribution is -0.102. The number of fused-ring (bicyclic) bond motifs is 5. The second kappa shape index (κ2) is 8.79. The lowest BCUT2D eigenvalue weighted by Gasteiger charge is -2.61. The molecule has 2 nitrogen and oxygen atoms in total. The van der Waals surface area contributed by atoms with E-state index >= 15 is 0 Å². The molecule has 0 aliphatic heterocycles. The van der Waals surface area contributed by atoms with Crippen LogP contribution in [0.1, 0.15) is 106 Å². The average Bonchev–Trinajstić information content (AvgIpc) is 3.04. The molecule has 2 N–H and O–H groups in total. The third-order valence-electron chi connectivity index (χ3n) is 11.1. The summed E-state index contributed by atoms with van der Waals surface area (Å²) in [6.07, 6.45) is 14.4. The number of aliphatic hydroxyl groups excluding tert-OH is 2. The Morgan fingerprint density at radius 2 is 1.74 bits per heavy atom. The first-order valence-corrected chi connectivity index (χ1v) is 13.6. The van der Waals surface area contributed by atoms with Crippen molar-refractivity contribution in [2.45, 2.75) is 118 Å². The molecule has 2 heteroatoms. The van der Waals surface area contributed by atoms with Crippen LogP contribution in [0, 0.1) is 52.3 Å². The second-order valence-electron chi connectivity index (χ2n) is 13.1. The molecule has 0 aromatic carbocycles. The second-order valence-corrected chi connectivity index (χ2v) is 13.1. The highest BCUT2D eigenvalue weighted by Crippen LogP contribution is 2.68. The zero-order valence-electron chi connectivity index (χ0n) is 21.2. The van der Waals surface area contributed by atoms with Crippen LogP contribution in [-0.4, -0.2) is 22.4 Å². The number of rotatable bonds is 6. The predicted octanol–water partition coefficient (Wildman–Crippen LogP) is 7.00. The van der Waals surface area contributed by atoms with Gasteiger partial charge in [0.15, 0.2) is 0 Å². The molecule has 4 aliphatic carbocycles. The van der Waals surface area contributed by atoms with Crippen molar-refractivity contribution in [2.24, 2.45) is 52.3 Å². The first kappa shape index (κ1) is 23.8. The maximum atomic E-state index is 10.7. The quantitative estimate of drug-likeness (QED) is 0.446. The average molecular weight is 431 g/mol. The van der Waals surface area contributed by atoms with Crippen LogP contribution in [0.15, 0.2) is 11.6 Å². The molecule has 0 aromatic heterocycles. The van der Waals surface area contributed by atoms with Crippen LogP contribution in [0.3, 0.4) is 0 Å². The van der Waals surface area contributed by atoms with Gasteiger partial charge in [-0.15, -0.1) is 0 Å². The fourth-order valence-corrected chi connectivity index (χ4v) is 9.51. The number of aliphatic hydroxyl groups is 2. The smallest absolute Gasteiger partial charge is 0.0581 e. The van der Waals surface area contributed by atoms with E-state index in [1.165, 1.54) is 56.9 Å². The summed E-state index contributed by atoms with van der Waals surface area (Å²) < 4.78 is 0. The van der Waals surface area contributed by atoms with Crippen LogP contribution in [0.25, 0.3) is 0 Å². The first-order valence-electron chi connectivity index (χ1n) is 13.6. The monoisotopic (exact) mass is 430 g/mol. The standard InChI is InChI=1S/C29H50O2/c1-18(2)8-7-9-19(3)24-12-13-25-23-11-10-21-16-22(31)17-27(20(4)30)29(21,6)26(23)14-15-28(24,25)5/h10,18-20,22-27,30-31H,7-9,11-17H2,1-6H3/t19-,20?,22-,23+,24-,25+,26+,27?,28-,29+/m1/s1. The number of hydrogen-bond donors (Lipinski definition) is 2. The van der Waals surface area contributed by atoms with Gasteiger partial charge < -0.3 is 10.2 Å². The topological polar surface area (TPSA) is 40.5 Å². The van der Waals surface area contributed by atoms with E-state index in [-0.39, 0.29) is 23.5 Å². The van der Waals surface area contributed by atoms with Crippen LogP contribution in [0.5, 0.6) is 0 Å². The van der Waals surface area contributed by atoms with Crippen molar-refractivity contribution >= 4 is 0 Å². The minimum Gasteiger partial charge on any atom is -0.393 e. The minimum absolute atomic E-state index is 0.0820. The fraction of sp³-hybridized carbons (Fsp3) is 0.931. The fourth-order valence-electron chi connectivity index (χ4n) is 9.51. The Hall–Kier alpha value is -0.340. The van der Waals surface area contributed by atoms with Crippen LogP contribution in [0.4, 0.5) is 0 Å². The molecule has 2 unspecified atom stereocenters. The van der Waals surface area contributed by atoms with Crippen molar-refractivity contribution in [3.63, 3.8) is 0 Å². The van der Waals surface area contributed by atoms with Crippen LogP contribution in [-0.2, 0) is 0 Å². The number of allylic oxidation sites excluding steroid dienone is 1. The van der Waals surface area contributed by atoms with E-state index < -0.39 is 0 Å². The van der Waals surface area contributed by atoms with Crippen molar-refractivity contribution < 1.29 is 10.2 Å². The largest absolute Gasteiger partial charge is 0.393 e. The highest BCUT2D eigenvalue weighted by Gasteiger charge is 2.61. The molecular weight excluding hydrogens is 380 g/mol. The van der Waals surface area contributed by atoms with Crippen LogP contribution >= 0.6 is 0 Å². The lowest BCUT2D eigenvalue weighted by atomic mass is 9.44. The SMILES string of the molecule is CC(C)CCC[C@@H](C)[C@H]1CC[C@H]2[C@@H]3CC=C4C[C@@H](O)CC(C(C)O)[C@]4(C)[C@H]3CC[C@]12C. The summed E-state index contributed by atoms with van der Waals surface area (Å²) in [5.74, 6) is 5.08.